The summed E-state index contributed by atoms with van der Waals surface area (Å²) in [5.74, 6) is 0. The molecular formula is C13H3Cl6F3. The quantitative estimate of drug-likeness (QED) is 0.316. The highest BCUT2D eigenvalue weighted by Crippen LogP contribution is 2.52. The number of hydrogen-bond acceptors (Lipinski definition) is 0. The first kappa shape index (κ1) is 18.3. The van der Waals surface area contributed by atoms with E-state index in [1.165, 1.54) is 6.07 Å². The first-order chi connectivity index (χ1) is 10.1. The maximum atomic E-state index is 13.2. The van der Waals surface area contributed by atoms with Gasteiger partial charge < -0.3 is 0 Å². The minimum Gasteiger partial charge on any atom is -0.166 e. The van der Waals surface area contributed by atoms with Crippen molar-refractivity contribution in [2.24, 2.45) is 0 Å². The van der Waals surface area contributed by atoms with Gasteiger partial charge in [-0.25, -0.2) is 0 Å². The molecule has 0 aliphatic rings. The molecule has 0 heterocycles. The molecule has 0 aromatic heterocycles. The van der Waals surface area contributed by atoms with E-state index in [1.807, 2.05) is 0 Å². The van der Waals surface area contributed by atoms with Gasteiger partial charge in [0.05, 0.1) is 30.7 Å². The van der Waals surface area contributed by atoms with Crippen molar-refractivity contribution in [2.75, 3.05) is 0 Å². The van der Waals surface area contributed by atoms with Crippen LogP contribution in [0.4, 0.5) is 13.2 Å². The van der Waals surface area contributed by atoms with Gasteiger partial charge in [-0.05, 0) is 12.1 Å². The van der Waals surface area contributed by atoms with Crippen LogP contribution in [0.5, 0.6) is 0 Å². The lowest BCUT2D eigenvalue weighted by Gasteiger charge is -2.18. The summed E-state index contributed by atoms with van der Waals surface area (Å²) in [6.45, 7) is 0. The Balaban J connectivity index is 2.96. The molecule has 0 radical (unpaired) electrons. The normalized spacial score (nSPS) is 11.9. The number of halogens is 9. The van der Waals surface area contributed by atoms with Crippen LogP contribution >= 0.6 is 69.6 Å². The molecule has 0 aliphatic carbocycles. The first-order valence-electron chi connectivity index (χ1n) is 5.44. The zero-order valence-electron chi connectivity index (χ0n) is 10.1. The lowest BCUT2D eigenvalue weighted by atomic mass is 9.99. The maximum Gasteiger partial charge on any atom is 0.417 e. The van der Waals surface area contributed by atoms with E-state index in [0.717, 1.165) is 12.1 Å². The Hall–Kier alpha value is -0.0300. The van der Waals surface area contributed by atoms with E-state index in [4.69, 9.17) is 69.6 Å². The highest BCUT2D eigenvalue weighted by Gasteiger charge is 2.36. The molecule has 0 N–H and O–H groups in total. The van der Waals surface area contributed by atoms with E-state index in [9.17, 15) is 13.2 Å². The van der Waals surface area contributed by atoms with Gasteiger partial charge in [0.2, 0.25) is 0 Å². The molecule has 0 saturated heterocycles. The Morgan fingerprint density at radius 2 is 1.09 bits per heavy atom. The summed E-state index contributed by atoms with van der Waals surface area (Å²) in [5, 5.41) is -1.29. The standard InChI is InChI=1S/C13H3Cl6F3/c14-5-3-1-2-4(13(20,21)22)6(5)7-8(15)10(17)12(19)11(18)9(7)16/h1-3H. The Morgan fingerprint density at radius 3 is 1.55 bits per heavy atom. The molecule has 0 amide bonds. The van der Waals surface area contributed by atoms with Crippen LogP contribution in [0, 0.1) is 0 Å². The average molecular weight is 429 g/mol. The van der Waals surface area contributed by atoms with Crippen molar-refractivity contribution in [3.8, 4) is 11.1 Å². The Labute approximate surface area is 153 Å². The highest BCUT2D eigenvalue weighted by molar-refractivity contribution is 6.56. The lowest BCUT2D eigenvalue weighted by molar-refractivity contribution is -0.137. The van der Waals surface area contributed by atoms with E-state index < -0.39 is 17.3 Å². The second-order valence-corrected chi connectivity index (χ2v) is 6.40. The fraction of sp³-hybridized carbons (Fsp3) is 0.0769. The molecule has 2 aromatic rings. The van der Waals surface area contributed by atoms with Gasteiger partial charge in [-0.3, -0.25) is 0 Å². The van der Waals surface area contributed by atoms with E-state index in [0.29, 0.717) is 0 Å². The molecule has 0 fully saturated rings. The van der Waals surface area contributed by atoms with Crippen molar-refractivity contribution in [1.29, 1.82) is 0 Å². The van der Waals surface area contributed by atoms with Crippen LogP contribution in [-0.2, 0) is 6.18 Å². The van der Waals surface area contributed by atoms with Crippen LogP contribution in [0.1, 0.15) is 5.56 Å². The summed E-state index contributed by atoms with van der Waals surface area (Å²) in [5.41, 5.74) is -1.65. The third-order valence-corrected chi connectivity index (χ3v) is 5.37. The number of rotatable bonds is 1. The molecule has 118 valence electrons. The number of benzene rings is 2. The minimum atomic E-state index is -4.68. The minimum absolute atomic E-state index is 0.150. The first-order valence-corrected chi connectivity index (χ1v) is 7.71. The molecule has 0 unspecified atom stereocenters. The fourth-order valence-corrected chi connectivity index (χ4v) is 3.44. The molecule has 0 aliphatic heterocycles. The summed E-state index contributed by atoms with van der Waals surface area (Å²) in [6, 6.07) is 3.29. The van der Waals surface area contributed by atoms with Gasteiger partial charge in [0.1, 0.15) is 0 Å². The Kier molecular flexibility index (Phi) is 5.38. The zero-order valence-corrected chi connectivity index (χ0v) is 14.7. The number of alkyl halides is 3. The zero-order chi connectivity index (χ0) is 16.8. The van der Waals surface area contributed by atoms with Gasteiger partial charge in [0.25, 0.3) is 0 Å². The molecule has 0 bridgehead atoms. The predicted octanol–water partition coefficient (Wildman–Crippen LogP) is 8.29. The fourth-order valence-electron chi connectivity index (χ4n) is 1.84. The third-order valence-electron chi connectivity index (χ3n) is 2.78. The lowest BCUT2D eigenvalue weighted by Crippen LogP contribution is -2.08. The second kappa shape index (κ2) is 6.46. The largest absolute Gasteiger partial charge is 0.417 e. The summed E-state index contributed by atoms with van der Waals surface area (Å²) < 4.78 is 39.7. The van der Waals surface area contributed by atoms with Crippen molar-refractivity contribution >= 4 is 69.6 Å². The highest BCUT2D eigenvalue weighted by atomic mass is 35.5. The van der Waals surface area contributed by atoms with Crippen molar-refractivity contribution in [1.82, 2.24) is 0 Å². The smallest absolute Gasteiger partial charge is 0.166 e. The van der Waals surface area contributed by atoms with Crippen LogP contribution in [0.25, 0.3) is 11.1 Å². The van der Waals surface area contributed by atoms with Gasteiger partial charge in [0, 0.05) is 16.1 Å². The van der Waals surface area contributed by atoms with Gasteiger partial charge in [-0.2, -0.15) is 13.2 Å². The molecule has 2 aromatic carbocycles. The molecular weight excluding hydrogens is 426 g/mol. The van der Waals surface area contributed by atoms with Gasteiger partial charge >= 0.3 is 6.18 Å². The van der Waals surface area contributed by atoms with Crippen LogP contribution in [-0.4, -0.2) is 0 Å². The summed E-state index contributed by atoms with van der Waals surface area (Å²) in [6.07, 6.45) is -4.68. The van der Waals surface area contributed by atoms with E-state index >= 15 is 0 Å². The summed E-state index contributed by atoms with van der Waals surface area (Å²) in [7, 11) is 0. The monoisotopic (exact) mass is 426 g/mol. The number of hydrogen-bond donors (Lipinski definition) is 0. The summed E-state index contributed by atoms with van der Waals surface area (Å²) >= 11 is 35.6. The molecule has 0 saturated carbocycles. The van der Waals surface area contributed by atoms with Crippen molar-refractivity contribution in [3.05, 3.63) is 53.9 Å². The van der Waals surface area contributed by atoms with Gasteiger partial charge in [0.15, 0.2) is 0 Å². The van der Waals surface area contributed by atoms with Gasteiger partial charge in [-0.1, -0.05) is 75.7 Å². The second-order valence-electron chi connectivity index (χ2n) is 4.11. The van der Waals surface area contributed by atoms with Crippen LogP contribution < -0.4 is 0 Å². The van der Waals surface area contributed by atoms with Crippen molar-refractivity contribution < 1.29 is 13.2 Å². The van der Waals surface area contributed by atoms with Crippen LogP contribution in [0.2, 0.25) is 30.1 Å². The molecule has 0 nitrogen and oxygen atoms in total. The summed E-state index contributed by atoms with van der Waals surface area (Å²) in [4.78, 5) is 0. The average Bonchev–Trinajstić information content (AvgIpc) is 2.43. The van der Waals surface area contributed by atoms with Crippen molar-refractivity contribution in [3.63, 3.8) is 0 Å². The van der Waals surface area contributed by atoms with Crippen molar-refractivity contribution in [2.45, 2.75) is 6.18 Å². The van der Waals surface area contributed by atoms with E-state index in [2.05, 4.69) is 0 Å². The maximum absolute atomic E-state index is 13.2. The van der Waals surface area contributed by atoms with E-state index in [1.54, 1.807) is 0 Å². The van der Waals surface area contributed by atoms with Crippen LogP contribution in [0.15, 0.2) is 18.2 Å². The predicted molar refractivity (Wildman–Crippen MR) is 86.9 cm³/mol. The molecule has 9 heteroatoms. The van der Waals surface area contributed by atoms with Gasteiger partial charge in [-0.15, -0.1) is 0 Å². The molecule has 2 rings (SSSR count). The molecule has 0 atom stereocenters. The molecule has 0 spiro atoms. The third kappa shape index (κ3) is 3.12. The van der Waals surface area contributed by atoms with Crippen LogP contribution in [0.3, 0.4) is 0 Å². The Morgan fingerprint density at radius 1 is 0.636 bits per heavy atom. The Bertz CT molecular complexity index is 725. The SMILES string of the molecule is FC(F)(F)c1cccc(Cl)c1-c1c(Cl)c(Cl)c(Cl)c(Cl)c1Cl. The van der Waals surface area contributed by atoms with E-state index in [-0.39, 0.29) is 35.7 Å². The molecule has 22 heavy (non-hydrogen) atoms. The topological polar surface area (TPSA) is 0 Å².